The molecule has 33 N–H and O–H groups in total. The van der Waals surface area contributed by atoms with Crippen LogP contribution in [0.1, 0.15) is 170 Å². The van der Waals surface area contributed by atoms with E-state index in [1.54, 1.807) is 75.5 Å². The molecule has 54 heteroatoms. The highest BCUT2D eigenvalue weighted by Gasteiger charge is 2.38. The molecule has 0 spiro atoms. The number of rotatable bonds is 64. The van der Waals surface area contributed by atoms with Crippen LogP contribution in [0.4, 0.5) is 0 Å². The lowest BCUT2D eigenvalue weighted by Gasteiger charge is -2.26. The number of aliphatic hydroxyl groups is 3. The predicted octanol–water partition coefficient (Wildman–Crippen LogP) is -12.4. The fourth-order valence-corrected chi connectivity index (χ4v) is 12.6. The number of nitrogens with one attached hydrogen (secondary N) is 24. The second-order valence-electron chi connectivity index (χ2n) is 34.5. The van der Waals surface area contributed by atoms with Gasteiger partial charge in [0.25, 0.3) is 0 Å². The lowest BCUT2D eigenvalue weighted by atomic mass is 9.98. The van der Waals surface area contributed by atoms with Crippen molar-refractivity contribution in [3.8, 4) is 0 Å². The Balaban J connectivity index is 5.64. The molecule has 0 radical (unpaired) electrons. The first-order valence-electron chi connectivity index (χ1n) is 44.8. The van der Waals surface area contributed by atoms with Gasteiger partial charge in [0.2, 0.25) is 136 Å². The first-order chi connectivity index (χ1) is 63.8. The maximum atomic E-state index is 13.8. The zero-order valence-corrected chi connectivity index (χ0v) is 82.0. The Morgan fingerprint density at radius 3 is 0.971 bits per heavy atom. The van der Waals surface area contributed by atoms with E-state index >= 15 is 0 Å². The van der Waals surface area contributed by atoms with Gasteiger partial charge in [0, 0.05) is 6.54 Å². The normalized spacial score (nSPS) is 15.2. The molecule has 0 aliphatic carbocycles. The molecule has 53 nitrogen and oxygen atoms in total. The van der Waals surface area contributed by atoms with Crippen LogP contribution in [-0.4, -0.2) is 337 Å². The Morgan fingerprint density at radius 2 is 0.606 bits per heavy atom. The van der Waals surface area contributed by atoms with Crippen molar-refractivity contribution in [3.05, 3.63) is 0 Å². The van der Waals surface area contributed by atoms with Crippen LogP contribution in [0.25, 0.3) is 0 Å². The summed E-state index contributed by atoms with van der Waals surface area (Å²) in [5.74, 6) is -22.1. The number of aliphatic hydroxyl groups excluding tert-OH is 3. The number of carbonyl (C=O) groups excluding carboxylic acids is 23. The molecule has 0 aliphatic rings. The number of amides is 23. The summed E-state index contributed by atoms with van der Waals surface area (Å²) >= 11 is 1.25. The van der Waals surface area contributed by atoms with Crippen molar-refractivity contribution in [2.75, 3.05) is 71.0 Å². The van der Waals surface area contributed by atoms with Crippen LogP contribution in [0.3, 0.4) is 0 Å². The zero-order valence-electron chi connectivity index (χ0n) is 81.2. The first kappa shape index (κ1) is 124. The summed E-state index contributed by atoms with van der Waals surface area (Å²) in [4.78, 5) is 303. The topological polar surface area (TPSA) is 832 Å². The molecule has 0 aromatic carbocycles. The molecular formula is C83H147N27O26S. The van der Waals surface area contributed by atoms with Gasteiger partial charge >= 0.3 is 0 Å². The fraction of sp³-hybridized carbons (Fsp3) is 0.711. The van der Waals surface area contributed by atoms with Gasteiger partial charge in [-0.2, -0.15) is 11.8 Å². The largest absolute Gasteiger partial charge is 0.394 e. The number of hydrogen-bond acceptors (Lipinski definition) is 29. The number of nitrogens with two attached hydrogens (primary N) is 3. The highest BCUT2D eigenvalue weighted by atomic mass is 32.2. The highest BCUT2D eigenvalue weighted by molar-refractivity contribution is 7.98. The summed E-state index contributed by atoms with van der Waals surface area (Å²) < 4.78 is 0. The van der Waals surface area contributed by atoms with Gasteiger partial charge < -0.3 is 155 Å². The minimum Gasteiger partial charge on any atom is -0.394 e. The van der Waals surface area contributed by atoms with Crippen LogP contribution in [0, 0.1) is 35.0 Å². The van der Waals surface area contributed by atoms with E-state index in [2.05, 4.69) is 122 Å². The Morgan fingerprint density at radius 1 is 0.307 bits per heavy atom. The van der Waals surface area contributed by atoms with E-state index in [9.17, 15) is 126 Å². The number of guanidine groups is 1. The van der Waals surface area contributed by atoms with Gasteiger partial charge in [0.1, 0.15) is 96.7 Å². The first-order valence-corrected chi connectivity index (χ1v) is 46.2. The Labute approximate surface area is 799 Å². The monoisotopic (exact) mass is 1970 g/mol. The van der Waals surface area contributed by atoms with Crippen LogP contribution in [0.15, 0.2) is 0 Å². The zero-order chi connectivity index (χ0) is 105. The fourth-order valence-electron chi connectivity index (χ4n) is 12.1. The van der Waals surface area contributed by atoms with E-state index in [0.717, 1.165) is 6.92 Å². The van der Waals surface area contributed by atoms with Crippen molar-refractivity contribution in [1.82, 2.24) is 122 Å². The molecule has 0 heterocycles. The molecule has 137 heavy (non-hydrogen) atoms. The quantitative estimate of drug-likeness (QED) is 0.0153. The van der Waals surface area contributed by atoms with Gasteiger partial charge in [-0.25, -0.2) is 0 Å². The van der Waals surface area contributed by atoms with Crippen molar-refractivity contribution in [1.29, 1.82) is 5.41 Å². The van der Waals surface area contributed by atoms with Gasteiger partial charge in [-0.1, -0.05) is 75.7 Å². The second-order valence-corrected chi connectivity index (χ2v) is 35.5. The molecule has 19 atom stereocenters. The minimum absolute atomic E-state index is 0.0148. The van der Waals surface area contributed by atoms with Crippen LogP contribution < -0.4 is 139 Å². The maximum Gasteiger partial charge on any atom is 0.245 e. The summed E-state index contributed by atoms with van der Waals surface area (Å²) in [6, 6.07) is -22.9. The third-order valence-corrected chi connectivity index (χ3v) is 20.9. The van der Waals surface area contributed by atoms with E-state index in [-0.39, 0.29) is 80.5 Å². The number of primary amides is 1. The standard InChI is InChI=1S/C83H147N27O26S/c1-20-41(10)64(108-62(119)34-93-80(134)63(40(8)9)109-67(121)42(11)84)81(135)94-32-60(117)98-47(16)72(126)106-54(28-39(6)7)78(132)100-48(17)73(127)105-53(27-38(4)5)76(130)92-31-59(116)97-46(15)71(125)104-52(26-37(2)3)75(129)91-30-58(115)95-44(13)69(123)99-43(12)68(122)89-33-61(118)101-56(36-112)79(133)110-65(49(18)113)82(136)103-51(23-25-137-19)74(128)90-29-57(114)96-45(14)70(124)102-50(22-21-24-88-83(86)87)77(131)107-55(35-111)66(85)120/h37-56,63-65,111-113H,20-36,84H2,1-19H3,(H2,85,120)(H,89,122)(H,90,128)(H,91,129)(H,92,130)(H,93,134)(H,94,135)(H,95,115)(H,96,114)(H,97,116)(H,98,117)(H,99,123)(H,100,132)(H,101,118)(H,102,124)(H,103,136)(H,104,125)(H,105,127)(H,106,126)(H,107,131)(H,108,119)(H,109,121)(H,110,133)(H4,86,87,88)/t41-,42-,43-,44-,45-,46-,47-,48-,49+,50-,51-,52-,53-,54-,55-,56-,63-,64-,65-/m0/s1. The molecule has 0 bridgehead atoms. The van der Waals surface area contributed by atoms with E-state index < -0.39 is 303 Å². The predicted molar refractivity (Wildman–Crippen MR) is 496 cm³/mol. The van der Waals surface area contributed by atoms with Crippen molar-refractivity contribution >= 4 is 154 Å². The minimum atomic E-state index is -1.85. The van der Waals surface area contributed by atoms with E-state index in [1.165, 1.54) is 60.2 Å². The van der Waals surface area contributed by atoms with Crippen molar-refractivity contribution in [2.45, 2.75) is 278 Å². The lowest BCUT2D eigenvalue weighted by Crippen LogP contribution is -2.61. The number of thioether (sulfide) groups is 1. The van der Waals surface area contributed by atoms with Gasteiger partial charge in [0.15, 0.2) is 5.96 Å². The summed E-state index contributed by atoms with van der Waals surface area (Å²) in [6.45, 7) is 21.2. The van der Waals surface area contributed by atoms with Crippen molar-refractivity contribution in [3.63, 3.8) is 0 Å². The Hall–Kier alpha value is -12.7. The summed E-state index contributed by atoms with van der Waals surface area (Å²) in [6.07, 6.45) is 0.491. The summed E-state index contributed by atoms with van der Waals surface area (Å²) in [5, 5.41) is 92.5. The highest BCUT2D eigenvalue weighted by Crippen LogP contribution is 2.13. The van der Waals surface area contributed by atoms with E-state index in [0.29, 0.717) is 6.42 Å². The van der Waals surface area contributed by atoms with Crippen LogP contribution in [0.5, 0.6) is 0 Å². The average Bonchev–Trinajstić information content (AvgIpc) is 0.846. The molecule has 0 aliphatic heterocycles. The summed E-state index contributed by atoms with van der Waals surface area (Å²) in [7, 11) is 0. The number of hydrogen-bond donors (Lipinski definition) is 30. The van der Waals surface area contributed by atoms with Gasteiger partial charge in [-0.3, -0.25) is 116 Å². The second kappa shape index (κ2) is 64.3. The molecule has 0 aromatic heterocycles. The van der Waals surface area contributed by atoms with E-state index in [1.807, 2.05) is 0 Å². The molecule has 0 fully saturated rings. The van der Waals surface area contributed by atoms with Gasteiger partial charge in [-0.15, -0.1) is 0 Å². The van der Waals surface area contributed by atoms with E-state index in [4.69, 9.17) is 22.6 Å². The molecule has 776 valence electrons. The molecule has 0 aromatic rings. The number of carbonyl (C=O) groups is 23. The average molecular weight is 1970 g/mol. The van der Waals surface area contributed by atoms with Crippen LogP contribution >= 0.6 is 11.8 Å². The maximum absolute atomic E-state index is 13.8. The third-order valence-electron chi connectivity index (χ3n) is 20.2. The smallest absolute Gasteiger partial charge is 0.245 e. The van der Waals surface area contributed by atoms with Gasteiger partial charge in [0.05, 0.1) is 64.6 Å². The molecule has 23 amide bonds. The molecular weight excluding hydrogens is 1820 g/mol. The third kappa shape index (κ3) is 50.1. The molecule has 0 saturated heterocycles. The van der Waals surface area contributed by atoms with Crippen molar-refractivity contribution in [2.24, 2.45) is 46.8 Å². The molecule has 0 saturated carbocycles. The van der Waals surface area contributed by atoms with Gasteiger partial charge in [-0.05, 0) is 136 Å². The lowest BCUT2D eigenvalue weighted by molar-refractivity contribution is -0.136. The van der Waals surface area contributed by atoms with Crippen LogP contribution in [-0.2, 0) is 110 Å². The molecule has 0 rings (SSSR count). The Bertz CT molecular complexity index is 4140. The van der Waals surface area contributed by atoms with Crippen LogP contribution in [0.2, 0.25) is 0 Å². The SMILES string of the molecule is CC[C@H](C)[C@H](NC(=O)CNC(=O)[C@@H](NC(=O)[C@H](C)N)C(C)C)C(=O)NCC(=O)N[C@@H](C)C(=O)N[C@@H](CC(C)C)C(=O)N[C@@H](C)C(=O)N[C@@H](CC(C)C)C(=O)NCC(=O)N[C@@H](C)C(=O)N[C@@H](CC(C)C)C(=O)NCC(=O)N[C@@H](C)C(=O)N[C@@H](C)C(=O)NCC(=O)N[C@@H](CO)C(=O)N[C@H](C(=O)N[C@@H](CCSC)C(=O)NCC(=O)N[C@@H](C)C(=O)N[C@@H](CCCNC(=N)N)C(=O)N[C@@H](CO)C(N)=O)[C@@H](C)O. The molecule has 0 unspecified atom stereocenters. The van der Waals surface area contributed by atoms with Crippen molar-refractivity contribution < 1.29 is 126 Å². The Kier molecular flexibility index (Phi) is 58.3. The summed E-state index contributed by atoms with van der Waals surface area (Å²) in [5.41, 5.74) is 16.1.